The molecule has 6 heteroatoms. The second-order valence-corrected chi connectivity index (χ2v) is 6.00. The molecule has 2 aromatic carbocycles. The van der Waals surface area contributed by atoms with E-state index in [1.807, 2.05) is 24.3 Å². The van der Waals surface area contributed by atoms with Gasteiger partial charge < -0.3 is 20.3 Å². The number of hydrogen-bond donors (Lipinski definition) is 2. The highest BCUT2D eigenvalue weighted by molar-refractivity contribution is 6.05. The van der Waals surface area contributed by atoms with Crippen LogP contribution < -0.4 is 15.5 Å². The van der Waals surface area contributed by atoms with Crippen LogP contribution in [0.5, 0.6) is 0 Å². The Kier molecular flexibility index (Phi) is 7.82. The molecule has 2 rings (SSSR count). The van der Waals surface area contributed by atoms with Crippen LogP contribution in [0.2, 0.25) is 0 Å². The van der Waals surface area contributed by atoms with Crippen LogP contribution in [0.3, 0.4) is 0 Å². The SMILES string of the molecule is CCN(CC)c1ccc(NC(=O)c2ccc(C(=O)NCCOC)cc2)cc1. The van der Waals surface area contributed by atoms with Gasteiger partial charge in [0, 0.05) is 49.2 Å². The van der Waals surface area contributed by atoms with Gasteiger partial charge in [-0.2, -0.15) is 0 Å². The number of carbonyl (C=O) groups excluding carboxylic acids is 2. The van der Waals surface area contributed by atoms with Crippen molar-refractivity contribution in [1.29, 1.82) is 0 Å². The summed E-state index contributed by atoms with van der Waals surface area (Å²) in [5, 5.41) is 5.62. The van der Waals surface area contributed by atoms with Crippen molar-refractivity contribution < 1.29 is 14.3 Å². The lowest BCUT2D eigenvalue weighted by Gasteiger charge is -2.21. The third kappa shape index (κ3) is 5.82. The maximum absolute atomic E-state index is 12.4. The van der Waals surface area contributed by atoms with Gasteiger partial charge in [-0.3, -0.25) is 9.59 Å². The molecule has 0 aliphatic carbocycles. The van der Waals surface area contributed by atoms with Crippen molar-refractivity contribution in [2.45, 2.75) is 13.8 Å². The van der Waals surface area contributed by atoms with Gasteiger partial charge in [-0.1, -0.05) is 0 Å². The quantitative estimate of drug-likeness (QED) is 0.666. The first-order valence-electron chi connectivity index (χ1n) is 9.12. The van der Waals surface area contributed by atoms with Gasteiger partial charge in [0.25, 0.3) is 11.8 Å². The number of hydrogen-bond acceptors (Lipinski definition) is 4. The van der Waals surface area contributed by atoms with Gasteiger partial charge in [-0.25, -0.2) is 0 Å². The molecule has 0 aliphatic rings. The molecule has 0 saturated carbocycles. The summed E-state index contributed by atoms with van der Waals surface area (Å²) in [4.78, 5) is 26.6. The lowest BCUT2D eigenvalue weighted by molar-refractivity contribution is 0.0935. The van der Waals surface area contributed by atoms with Gasteiger partial charge in [-0.15, -0.1) is 0 Å². The number of nitrogens with zero attached hydrogens (tertiary/aromatic N) is 1. The molecule has 27 heavy (non-hydrogen) atoms. The smallest absolute Gasteiger partial charge is 0.255 e. The van der Waals surface area contributed by atoms with Crippen molar-refractivity contribution in [3.8, 4) is 0 Å². The molecule has 0 spiro atoms. The third-order valence-electron chi connectivity index (χ3n) is 4.25. The van der Waals surface area contributed by atoms with Crippen molar-refractivity contribution >= 4 is 23.2 Å². The van der Waals surface area contributed by atoms with E-state index in [0.29, 0.717) is 24.3 Å². The Morgan fingerprint density at radius 2 is 1.44 bits per heavy atom. The molecule has 0 bridgehead atoms. The van der Waals surface area contributed by atoms with Crippen LogP contribution in [0.1, 0.15) is 34.6 Å². The molecule has 0 aliphatic heterocycles. The number of ether oxygens (including phenoxy) is 1. The zero-order chi connectivity index (χ0) is 19.6. The van der Waals surface area contributed by atoms with E-state index in [1.54, 1.807) is 31.4 Å². The molecule has 0 atom stereocenters. The van der Waals surface area contributed by atoms with E-state index in [-0.39, 0.29) is 11.8 Å². The van der Waals surface area contributed by atoms with Gasteiger partial charge >= 0.3 is 0 Å². The Balaban J connectivity index is 1.96. The number of methoxy groups -OCH3 is 1. The lowest BCUT2D eigenvalue weighted by Crippen LogP contribution is -2.27. The first-order valence-corrected chi connectivity index (χ1v) is 9.12. The molecule has 144 valence electrons. The highest BCUT2D eigenvalue weighted by Crippen LogP contribution is 2.18. The fraction of sp³-hybridized carbons (Fsp3) is 0.333. The molecule has 0 aromatic heterocycles. The number of rotatable bonds is 9. The van der Waals surface area contributed by atoms with E-state index >= 15 is 0 Å². The monoisotopic (exact) mass is 369 g/mol. The third-order valence-corrected chi connectivity index (χ3v) is 4.25. The fourth-order valence-electron chi connectivity index (χ4n) is 2.69. The predicted molar refractivity (Wildman–Crippen MR) is 109 cm³/mol. The Morgan fingerprint density at radius 1 is 0.889 bits per heavy atom. The van der Waals surface area contributed by atoms with Crippen LogP contribution in [0.25, 0.3) is 0 Å². The van der Waals surface area contributed by atoms with Crippen LogP contribution in [0.15, 0.2) is 48.5 Å². The van der Waals surface area contributed by atoms with Crippen molar-refractivity contribution in [3.63, 3.8) is 0 Å². The summed E-state index contributed by atoms with van der Waals surface area (Å²) in [6.07, 6.45) is 0. The second-order valence-electron chi connectivity index (χ2n) is 6.00. The van der Waals surface area contributed by atoms with Crippen LogP contribution >= 0.6 is 0 Å². The number of anilines is 2. The maximum atomic E-state index is 12.4. The van der Waals surface area contributed by atoms with Gasteiger partial charge in [0.05, 0.1) is 6.61 Å². The minimum atomic E-state index is -0.211. The van der Waals surface area contributed by atoms with Crippen molar-refractivity contribution in [1.82, 2.24) is 5.32 Å². The Labute approximate surface area is 160 Å². The first kappa shape index (κ1) is 20.5. The molecule has 0 saturated heterocycles. The van der Waals surface area contributed by atoms with E-state index < -0.39 is 0 Å². The normalized spacial score (nSPS) is 10.3. The minimum absolute atomic E-state index is 0.189. The molecule has 2 amide bonds. The average molecular weight is 369 g/mol. The summed E-state index contributed by atoms with van der Waals surface area (Å²) in [7, 11) is 1.58. The molecule has 2 aromatic rings. The largest absolute Gasteiger partial charge is 0.383 e. The summed E-state index contributed by atoms with van der Waals surface area (Å²) in [6.45, 7) is 7.00. The highest BCUT2D eigenvalue weighted by Gasteiger charge is 2.09. The Morgan fingerprint density at radius 3 is 1.96 bits per heavy atom. The zero-order valence-electron chi connectivity index (χ0n) is 16.1. The van der Waals surface area contributed by atoms with Crippen molar-refractivity contribution in [3.05, 3.63) is 59.7 Å². The van der Waals surface area contributed by atoms with Gasteiger partial charge in [0.15, 0.2) is 0 Å². The first-order chi connectivity index (χ1) is 13.1. The molecule has 2 N–H and O–H groups in total. The molecule has 0 fully saturated rings. The summed E-state index contributed by atoms with van der Waals surface area (Å²) in [6, 6.07) is 14.3. The van der Waals surface area contributed by atoms with E-state index in [2.05, 4.69) is 29.4 Å². The molecule has 0 unspecified atom stereocenters. The van der Waals surface area contributed by atoms with Crippen molar-refractivity contribution in [2.24, 2.45) is 0 Å². The summed E-state index contributed by atoms with van der Waals surface area (Å²) in [5.41, 5.74) is 2.86. The molecule has 6 nitrogen and oxygen atoms in total. The summed E-state index contributed by atoms with van der Waals surface area (Å²) < 4.78 is 4.90. The molecule has 0 heterocycles. The van der Waals surface area contributed by atoms with Gasteiger partial charge in [-0.05, 0) is 62.4 Å². The topological polar surface area (TPSA) is 70.7 Å². The lowest BCUT2D eigenvalue weighted by atomic mass is 10.1. The average Bonchev–Trinajstić information content (AvgIpc) is 2.70. The standard InChI is InChI=1S/C21H27N3O3/c1-4-24(5-2)19-12-10-18(11-13-19)23-21(26)17-8-6-16(7-9-17)20(25)22-14-15-27-3/h6-13H,4-5,14-15H2,1-3H3,(H,22,25)(H,23,26). The Bertz CT molecular complexity index is 738. The summed E-state index contributed by atoms with van der Waals surface area (Å²) in [5.74, 6) is -0.400. The summed E-state index contributed by atoms with van der Waals surface area (Å²) >= 11 is 0. The van der Waals surface area contributed by atoms with Crippen LogP contribution in [-0.4, -0.2) is 45.2 Å². The molecular formula is C21H27N3O3. The maximum Gasteiger partial charge on any atom is 0.255 e. The zero-order valence-corrected chi connectivity index (χ0v) is 16.1. The van der Waals surface area contributed by atoms with Crippen LogP contribution in [0.4, 0.5) is 11.4 Å². The molecular weight excluding hydrogens is 342 g/mol. The van der Waals surface area contributed by atoms with Gasteiger partial charge in [0.1, 0.15) is 0 Å². The van der Waals surface area contributed by atoms with Crippen molar-refractivity contribution in [2.75, 3.05) is 43.6 Å². The van der Waals surface area contributed by atoms with E-state index in [9.17, 15) is 9.59 Å². The number of nitrogens with one attached hydrogen (secondary N) is 2. The predicted octanol–water partition coefficient (Wildman–Crippen LogP) is 3.16. The number of carbonyl (C=O) groups is 2. The van der Waals surface area contributed by atoms with E-state index in [1.165, 1.54) is 0 Å². The Hall–Kier alpha value is -2.86. The second kappa shape index (κ2) is 10.3. The number of benzene rings is 2. The molecule has 0 radical (unpaired) electrons. The highest BCUT2D eigenvalue weighted by atomic mass is 16.5. The number of amides is 2. The minimum Gasteiger partial charge on any atom is -0.383 e. The van der Waals surface area contributed by atoms with Crippen LogP contribution in [0, 0.1) is 0 Å². The van der Waals surface area contributed by atoms with E-state index in [0.717, 1.165) is 24.5 Å². The fourth-order valence-corrected chi connectivity index (χ4v) is 2.69. The van der Waals surface area contributed by atoms with Crippen LogP contribution in [-0.2, 0) is 4.74 Å². The van der Waals surface area contributed by atoms with Gasteiger partial charge in [0.2, 0.25) is 0 Å². The van der Waals surface area contributed by atoms with E-state index in [4.69, 9.17) is 4.74 Å².